The van der Waals surface area contributed by atoms with E-state index < -0.39 is 0 Å². The molecule has 0 unspecified atom stereocenters. The Bertz CT molecular complexity index is 1680. The Morgan fingerprint density at radius 1 is 0.854 bits per heavy atom. The molecule has 41 heavy (non-hydrogen) atoms. The van der Waals surface area contributed by atoms with Crippen molar-refractivity contribution < 1.29 is 0 Å². The summed E-state index contributed by atoms with van der Waals surface area (Å²) in [6, 6.07) is 17.5. The van der Waals surface area contributed by atoms with Gasteiger partial charge in [0.1, 0.15) is 17.8 Å². The first-order chi connectivity index (χ1) is 20.0. The van der Waals surface area contributed by atoms with Crippen LogP contribution in [-0.2, 0) is 0 Å². The molecule has 1 aliphatic carbocycles. The number of piperazine rings is 1. The Labute approximate surface area is 240 Å². The first-order valence-corrected chi connectivity index (χ1v) is 14.7. The first-order valence-electron chi connectivity index (χ1n) is 14.7. The van der Waals surface area contributed by atoms with Crippen molar-refractivity contribution in [2.24, 2.45) is 0 Å². The summed E-state index contributed by atoms with van der Waals surface area (Å²) >= 11 is 0. The Balaban J connectivity index is 1.13. The van der Waals surface area contributed by atoms with Crippen molar-refractivity contribution in [1.29, 1.82) is 0 Å². The first kappa shape index (κ1) is 25.9. The third-order valence-corrected chi connectivity index (χ3v) is 9.00. The maximum absolute atomic E-state index is 6.46. The Kier molecular flexibility index (Phi) is 6.76. The standard InChI is InChI=1S/C32H37N9/c1-21-26-5-3-4-6-28(26)38-32(36-21)37-23-9-7-22(8-10-23)27-19-41(31-29(27)30(33)34-20-35-31)25-13-11-24(12-14-25)40-17-15-39(2)16-18-40/h3-10,19-20,24-25H,11-18H2,1-2H3,(H2,33,34,35)(H,36,37,38)/t24-,25+. The SMILES string of the molecule is Cc1nc(Nc2ccc(-c3cn([C@H]4CC[C@@H](N5CCN(C)CC5)CC4)c4ncnc(N)c34)cc2)nc2ccccc12. The lowest BCUT2D eigenvalue weighted by Gasteiger charge is -2.41. The van der Waals surface area contributed by atoms with Crippen LogP contribution >= 0.6 is 0 Å². The fraction of sp³-hybridized carbons (Fsp3) is 0.375. The molecule has 0 atom stereocenters. The van der Waals surface area contributed by atoms with Gasteiger partial charge in [-0.05, 0) is 63.4 Å². The summed E-state index contributed by atoms with van der Waals surface area (Å²) < 4.78 is 2.36. The molecule has 3 aromatic heterocycles. The molecule has 1 aliphatic heterocycles. The Morgan fingerprint density at radius 2 is 1.59 bits per heavy atom. The largest absolute Gasteiger partial charge is 0.383 e. The Hall–Kier alpha value is -4.08. The van der Waals surface area contributed by atoms with Crippen molar-refractivity contribution in [2.75, 3.05) is 44.3 Å². The number of rotatable bonds is 5. The van der Waals surface area contributed by atoms with E-state index in [1.165, 1.54) is 39.0 Å². The number of aromatic nitrogens is 5. The molecule has 0 spiro atoms. The fourth-order valence-corrected chi connectivity index (χ4v) is 6.65. The summed E-state index contributed by atoms with van der Waals surface area (Å²) in [5, 5.41) is 5.37. The molecule has 3 N–H and O–H groups in total. The minimum absolute atomic E-state index is 0.415. The number of fused-ring (bicyclic) bond motifs is 2. The van der Waals surface area contributed by atoms with Crippen LogP contribution in [0.3, 0.4) is 0 Å². The third kappa shape index (κ3) is 5.00. The summed E-state index contributed by atoms with van der Waals surface area (Å²) in [5.74, 6) is 1.12. The summed E-state index contributed by atoms with van der Waals surface area (Å²) in [5.41, 5.74) is 12.4. The predicted molar refractivity (Wildman–Crippen MR) is 165 cm³/mol. The lowest BCUT2D eigenvalue weighted by atomic mass is 9.89. The third-order valence-electron chi connectivity index (χ3n) is 9.00. The van der Waals surface area contributed by atoms with Crippen LogP contribution < -0.4 is 11.1 Å². The molecule has 1 saturated heterocycles. The van der Waals surface area contributed by atoms with Gasteiger partial charge in [0.2, 0.25) is 5.95 Å². The number of anilines is 3. The van der Waals surface area contributed by atoms with Crippen LogP contribution in [0, 0.1) is 6.92 Å². The van der Waals surface area contributed by atoms with Crippen LogP contribution in [0.4, 0.5) is 17.5 Å². The number of likely N-dealkylation sites (N-methyl/N-ethyl adjacent to an activating group) is 1. The van der Waals surface area contributed by atoms with Gasteiger partial charge in [-0.2, -0.15) is 0 Å². The van der Waals surface area contributed by atoms with Crippen LogP contribution in [-0.4, -0.2) is 73.6 Å². The second-order valence-electron chi connectivity index (χ2n) is 11.6. The lowest BCUT2D eigenvalue weighted by molar-refractivity contribution is 0.0828. The number of hydrogen-bond acceptors (Lipinski definition) is 8. The highest BCUT2D eigenvalue weighted by molar-refractivity contribution is 6.00. The zero-order valence-electron chi connectivity index (χ0n) is 23.8. The van der Waals surface area contributed by atoms with Crippen LogP contribution in [0.5, 0.6) is 0 Å². The highest BCUT2D eigenvalue weighted by Gasteiger charge is 2.30. The van der Waals surface area contributed by atoms with E-state index in [1.54, 1.807) is 6.33 Å². The molecule has 2 aliphatic rings. The van der Waals surface area contributed by atoms with Gasteiger partial charge in [-0.15, -0.1) is 0 Å². The summed E-state index contributed by atoms with van der Waals surface area (Å²) in [7, 11) is 2.22. The van der Waals surface area contributed by atoms with E-state index in [-0.39, 0.29) is 0 Å². The second kappa shape index (κ2) is 10.7. The van der Waals surface area contributed by atoms with Crippen molar-refractivity contribution in [1.82, 2.24) is 34.3 Å². The van der Waals surface area contributed by atoms with Crippen LogP contribution in [0.25, 0.3) is 33.1 Å². The van der Waals surface area contributed by atoms with Gasteiger partial charge in [0.25, 0.3) is 0 Å². The number of nitrogens with one attached hydrogen (secondary N) is 1. The quantitative estimate of drug-likeness (QED) is 0.301. The monoisotopic (exact) mass is 547 g/mol. The molecule has 2 aromatic carbocycles. The van der Waals surface area contributed by atoms with Crippen molar-refractivity contribution in [3.8, 4) is 11.1 Å². The van der Waals surface area contributed by atoms with Crippen LogP contribution in [0.15, 0.2) is 61.1 Å². The predicted octanol–water partition coefficient (Wildman–Crippen LogP) is 5.41. The zero-order valence-corrected chi connectivity index (χ0v) is 23.8. The van der Waals surface area contributed by atoms with Gasteiger partial charge in [-0.1, -0.05) is 30.3 Å². The molecule has 0 amide bonds. The molecule has 4 heterocycles. The van der Waals surface area contributed by atoms with Gasteiger partial charge in [0.05, 0.1) is 16.6 Å². The maximum Gasteiger partial charge on any atom is 0.228 e. The molecule has 210 valence electrons. The number of nitrogens with zero attached hydrogens (tertiary/aromatic N) is 7. The minimum atomic E-state index is 0.415. The lowest BCUT2D eigenvalue weighted by Crippen LogP contribution is -2.49. The van der Waals surface area contributed by atoms with Gasteiger partial charge < -0.3 is 20.5 Å². The number of benzene rings is 2. The van der Waals surface area contributed by atoms with Crippen molar-refractivity contribution in [3.63, 3.8) is 0 Å². The molecule has 2 fully saturated rings. The fourth-order valence-electron chi connectivity index (χ4n) is 6.65. The van der Waals surface area contributed by atoms with Crippen molar-refractivity contribution in [3.05, 3.63) is 66.7 Å². The molecule has 7 rings (SSSR count). The normalized spacial score (nSPS) is 20.5. The summed E-state index contributed by atoms with van der Waals surface area (Å²) in [6.07, 6.45) is 8.58. The van der Waals surface area contributed by atoms with Gasteiger partial charge >= 0.3 is 0 Å². The van der Waals surface area contributed by atoms with E-state index >= 15 is 0 Å². The molecular weight excluding hydrogens is 510 g/mol. The average Bonchev–Trinajstić information content (AvgIpc) is 3.39. The smallest absolute Gasteiger partial charge is 0.228 e. The number of aryl methyl sites for hydroxylation is 1. The maximum atomic E-state index is 6.46. The van der Waals surface area contributed by atoms with E-state index in [1.807, 2.05) is 31.2 Å². The van der Waals surface area contributed by atoms with Crippen LogP contribution in [0.2, 0.25) is 0 Å². The molecule has 9 heteroatoms. The zero-order chi connectivity index (χ0) is 27.9. The number of hydrogen-bond donors (Lipinski definition) is 2. The molecular formula is C32H37N9. The summed E-state index contributed by atoms with van der Waals surface area (Å²) in [6.45, 7) is 6.72. The van der Waals surface area contributed by atoms with Gasteiger partial charge in [-0.25, -0.2) is 19.9 Å². The van der Waals surface area contributed by atoms with E-state index in [0.29, 0.717) is 23.8 Å². The van der Waals surface area contributed by atoms with Crippen molar-refractivity contribution in [2.45, 2.75) is 44.7 Å². The molecule has 0 bridgehead atoms. The molecule has 9 nitrogen and oxygen atoms in total. The number of nitrogen functional groups attached to an aromatic ring is 1. The van der Waals surface area contributed by atoms with E-state index in [9.17, 15) is 0 Å². The second-order valence-corrected chi connectivity index (χ2v) is 11.6. The highest BCUT2D eigenvalue weighted by atomic mass is 15.3. The summed E-state index contributed by atoms with van der Waals surface area (Å²) in [4.78, 5) is 23.6. The van der Waals surface area contributed by atoms with E-state index in [0.717, 1.165) is 57.3 Å². The minimum Gasteiger partial charge on any atom is -0.383 e. The topological polar surface area (TPSA) is 101 Å². The molecule has 0 radical (unpaired) electrons. The van der Waals surface area contributed by atoms with Gasteiger partial charge in [0, 0.05) is 61.1 Å². The Morgan fingerprint density at radius 3 is 2.37 bits per heavy atom. The van der Waals surface area contributed by atoms with E-state index in [4.69, 9.17) is 15.7 Å². The van der Waals surface area contributed by atoms with Crippen LogP contribution in [0.1, 0.15) is 37.4 Å². The van der Waals surface area contributed by atoms with Crippen molar-refractivity contribution >= 4 is 39.4 Å². The number of nitrogens with two attached hydrogens (primary N) is 1. The number of para-hydroxylation sites is 1. The molecule has 1 saturated carbocycles. The van der Waals surface area contributed by atoms with Gasteiger partial charge in [0.15, 0.2) is 0 Å². The van der Waals surface area contributed by atoms with Gasteiger partial charge in [-0.3, -0.25) is 4.90 Å². The highest BCUT2D eigenvalue weighted by Crippen LogP contribution is 2.39. The molecule has 5 aromatic rings. The average molecular weight is 548 g/mol. The van der Waals surface area contributed by atoms with E-state index in [2.05, 4.69) is 67.2 Å².